The highest BCUT2D eigenvalue weighted by Crippen LogP contribution is 2.57. The van der Waals surface area contributed by atoms with E-state index in [0.717, 1.165) is 37.7 Å². The van der Waals surface area contributed by atoms with E-state index in [1.165, 1.54) is 30.4 Å². The van der Waals surface area contributed by atoms with Crippen molar-refractivity contribution in [1.29, 1.82) is 5.26 Å². The lowest BCUT2D eigenvalue weighted by molar-refractivity contribution is -0.342. The number of aliphatic hydroxyl groups excluding tert-OH is 4. The van der Waals surface area contributed by atoms with Gasteiger partial charge >= 0.3 is 11.9 Å². The summed E-state index contributed by atoms with van der Waals surface area (Å²) < 4.78 is 50.5. The number of ether oxygens (including phenoxy) is 2. The molecule has 16 atom stereocenters. The number of Topliss-reactive ketones (excluding diaryl/α,β-unsaturated/α-hetero) is 1. The van der Waals surface area contributed by atoms with Crippen LogP contribution in [0.15, 0.2) is 194 Å². The van der Waals surface area contributed by atoms with Gasteiger partial charge in [-0.2, -0.15) is 5.26 Å². The molecule has 44 heteroatoms. The number of nitrogens with zero attached hydrogens (tertiary/aromatic N) is 4. The van der Waals surface area contributed by atoms with E-state index in [1.807, 2.05) is 218 Å². The summed E-state index contributed by atoms with van der Waals surface area (Å²) in [6, 6.07) is 61.0. The van der Waals surface area contributed by atoms with Crippen LogP contribution in [0.5, 0.6) is 0 Å². The first-order valence-corrected chi connectivity index (χ1v) is 68.0. The molecule has 3 amide bonds. The van der Waals surface area contributed by atoms with Gasteiger partial charge in [0.15, 0.2) is 61.8 Å². The number of carbonyl (C=O) groups is 6. The summed E-state index contributed by atoms with van der Waals surface area (Å²) >= 11 is 0. The van der Waals surface area contributed by atoms with Crippen LogP contribution in [0.1, 0.15) is 84.4 Å². The fourth-order valence-corrected chi connectivity index (χ4v) is 28.2. The third-order valence-electron chi connectivity index (χ3n) is 26.5. The molecule has 3 saturated carbocycles. The maximum atomic E-state index is 13.2. The summed E-state index contributed by atoms with van der Waals surface area (Å²) in [7, 11) is 20.7. The molecule has 0 aromatic heterocycles. The van der Waals surface area contributed by atoms with E-state index in [0.29, 0.717) is 5.57 Å². The Kier molecular flexibility index (Phi) is 38.1. The topological polar surface area (TPSA) is 339 Å². The molecular weight excluding hydrogens is 1860 g/mol. The van der Waals surface area contributed by atoms with E-state index in [-0.39, 0.29) is 79.2 Å². The average molecular weight is 1990 g/mol. The van der Waals surface area contributed by atoms with Crippen LogP contribution in [0.4, 0.5) is 0 Å². The number of carbonyl (C=O) groups excluding carboxylic acids is 6. The Morgan fingerprint density at radius 3 is 1.14 bits per heavy atom. The van der Waals surface area contributed by atoms with Crippen LogP contribution in [-0.4, -0.2) is 307 Å². The monoisotopic (exact) mass is 1990 g/mol. The summed E-state index contributed by atoms with van der Waals surface area (Å²) in [4.78, 5) is 93.6. The molecule has 3 saturated heterocycles. The number of methoxy groups -OCH3 is 1. The Labute approximate surface area is 833 Å². The number of esters is 2. The maximum Gasteiger partial charge on any atom is 0.331 e. The average Bonchev–Trinajstić information content (AvgIpc) is 0.682. The molecule has 723 valence electrons. The largest absolute Gasteiger partial charge is 0.466 e. The zero-order chi connectivity index (χ0) is 103. The van der Waals surface area contributed by atoms with Crippen LogP contribution in [0, 0.1) is 17.2 Å². The molecule has 6 fully saturated rings. The highest BCUT2D eigenvalue weighted by molar-refractivity contribution is 8.02. The lowest BCUT2D eigenvalue weighted by Gasteiger charge is -2.65. The van der Waals surface area contributed by atoms with Crippen LogP contribution in [0.3, 0.4) is 0 Å². The van der Waals surface area contributed by atoms with Gasteiger partial charge in [0, 0.05) is 102 Å². The Morgan fingerprint density at radius 2 is 0.819 bits per heavy atom. The molecule has 4 aliphatic heterocycles. The number of nitriles is 1. The fourth-order valence-electron chi connectivity index (χ4n) is 17.6. The second kappa shape index (κ2) is 45.7. The predicted octanol–water partition coefficient (Wildman–Crippen LogP) is 8.49. The summed E-state index contributed by atoms with van der Waals surface area (Å²) in [5, 5.41) is 74.2. The van der Waals surface area contributed by atoms with Gasteiger partial charge in [-0.25, -0.2) is 24.8 Å². The molecule has 0 unspecified atom stereocenters. The van der Waals surface area contributed by atoms with Crippen molar-refractivity contribution in [2.45, 2.75) is 292 Å². The SMILES string of the molecule is CC(C)(C)[Si](C)(C)O[C@@H]1C2=CC(=O)O[C@H]2[C@@H](O)[C@]2(CC(=O)N2OCc2ccccc2)[C@@H]1O[Si](C)(C)C.CC(C)(C)[Si](C)(C)O[C@H]1[C@@H](O[Si](C)(C)C)[C@@]2(CC(=O)N2OCc2ccccc2)[C@H](O)[C@H](O[Si](C)(C)C)[C@]1(O)C#N.COC(=O)C=P(c1ccccc1)(c1ccccc1)c1ccccc1.C[C@@H]1C(=O)[C@@H](O)[C@@H](O)[C@]2(CC(=O)N2OCc2ccccc2)[C@@H]1O[Si](C)(C)C.[B][B]B([B])B(B([B])[B])B([B])[B]. The lowest BCUT2D eigenvalue weighted by Crippen LogP contribution is -2.87. The van der Waals surface area contributed by atoms with Crippen LogP contribution >= 0.6 is 6.89 Å². The van der Waals surface area contributed by atoms with Gasteiger partial charge in [-0.3, -0.25) is 33.7 Å². The lowest BCUT2D eigenvalue weighted by atomic mass is 8.56. The van der Waals surface area contributed by atoms with Gasteiger partial charge in [0.25, 0.3) is 0 Å². The van der Waals surface area contributed by atoms with E-state index in [9.17, 15) is 59.6 Å². The van der Waals surface area contributed by atoms with Crippen LogP contribution in [0.25, 0.3) is 0 Å². The van der Waals surface area contributed by atoms with Crippen molar-refractivity contribution >= 4 is 193 Å². The van der Waals surface area contributed by atoms with Crippen LogP contribution < -0.4 is 15.9 Å². The number of rotatable bonds is 29. The molecule has 6 aromatic carbocycles. The number of β-lactam (4-membered cyclic amide) rings is 3. The van der Waals surface area contributed by atoms with Gasteiger partial charge in [0.2, 0.25) is 23.3 Å². The number of benzene rings is 6. The van der Waals surface area contributed by atoms with Gasteiger partial charge in [0.1, 0.15) is 91.3 Å². The Balaban J connectivity index is 0.000000201. The summed E-state index contributed by atoms with van der Waals surface area (Å²) in [5.41, 5.74) is -2.99. The van der Waals surface area contributed by atoms with Crippen molar-refractivity contribution in [1.82, 2.24) is 15.2 Å². The van der Waals surface area contributed by atoms with Crippen LogP contribution in [0.2, 0.25) is 115 Å². The molecule has 4 heterocycles. The highest BCUT2D eigenvalue weighted by atomic mass is 31.2. The molecule has 6 aromatic rings. The van der Waals surface area contributed by atoms with Crippen molar-refractivity contribution in [2.75, 3.05) is 7.11 Å². The number of hydroxylamine groups is 6. The number of hydrogen-bond donors (Lipinski definition) is 5. The summed E-state index contributed by atoms with van der Waals surface area (Å²) in [6.45, 7) is 44.7. The minimum absolute atomic E-state index is 0.0107. The van der Waals surface area contributed by atoms with E-state index < -0.39 is 183 Å². The number of amides is 3. The molecule has 13 radical (unpaired) electrons. The second-order valence-electron chi connectivity index (χ2n) is 43.3. The zero-order valence-electron chi connectivity index (χ0n) is 84.4. The second-order valence-corrected chi connectivity index (χ2v) is 73.9. The van der Waals surface area contributed by atoms with Gasteiger partial charge < -0.3 is 61.6 Å². The Bertz CT molecular complexity index is 5160. The molecular formula is C94H133B11N4O22PSi6. The molecule has 7 aliphatic rings. The number of ketones is 1. The quantitative estimate of drug-likeness (QED) is 0.00965. The number of fused-ring (bicyclic) bond motifs is 1. The van der Waals surface area contributed by atoms with Crippen molar-refractivity contribution in [2.24, 2.45) is 5.92 Å². The Hall–Kier alpha value is -6.67. The normalized spacial score (nSPS) is 26.4. The Morgan fingerprint density at radius 1 is 0.493 bits per heavy atom. The highest BCUT2D eigenvalue weighted by Gasteiger charge is 2.77. The first kappa shape index (κ1) is 115. The molecule has 3 aliphatic carbocycles. The smallest absolute Gasteiger partial charge is 0.331 e. The predicted molar refractivity (Wildman–Crippen MR) is 567 cm³/mol. The molecule has 138 heavy (non-hydrogen) atoms. The number of hydrogen-bond acceptors (Lipinski definition) is 23. The van der Waals surface area contributed by atoms with Gasteiger partial charge in [0.05, 0.1) is 38.6 Å². The first-order valence-electron chi connectivity index (χ1n) is 46.7. The fraction of sp³-hybridized carbons (Fsp3) is 0.511. The van der Waals surface area contributed by atoms with Gasteiger partial charge in [-0.05, 0) is 154 Å². The number of aliphatic hydroxyl groups is 5. The minimum Gasteiger partial charge on any atom is -0.466 e. The molecule has 5 N–H and O–H groups in total. The molecule has 0 bridgehead atoms. The third kappa shape index (κ3) is 25.8. The first-order chi connectivity index (χ1) is 64.0. The molecule has 3 spiro atoms. The maximum absolute atomic E-state index is 13.2. The van der Waals surface area contributed by atoms with E-state index in [4.69, 9.17) is 97.0 Å². The van der Waals surface area contributed by atoms with Crippen LogP contribution in [-0.2, 0) is 99.1 Å². The van der Waals surface area contributed by atoms with E-state index in [1.54, 1.807) is 12.7 Å². The van der Waals surface area contributed by atoms with E-state index >= 15 is 0 Å². The minimum atomic E-state index is -2.63. The molecule has 13 rings (SSSR count). The van der Waals surface area contributed by atoms with Crippen molar-refractivity contribution in [3.8, 4) is 6.07 Å². The summed E-state index contributed by atoms with van der Waals surface area (Å²) in [5.74, 6) is -1.07. The van der Waals surface area contributed by atoms with E-state index in [2.05, 4.69) is 117 Å². The van der Waals surface area contributed by atoms with Crippen molar-refractivity contribution in [3.05, 3.63) is 210 Å². The van der Waals surface area contributed by atoms with Crippen molar-refractivity contribution in [3.63, 3.8) is 0 Å². The van der Waals surface area contributed by atoms with Gasteiger partial charge in [-0.15, -0.1) is 0 Å². The summed E-state index contributed by atoms with van der Waals surface area (Å²) in [6.07, 6.45) is -13.2. The zero-order valence-corrected chi connectivity index (χ0v) is 91.3. The third-order valence-corrected chi connectivity index (χ3v) is 43.2. The van der Waals surface area contributed by atoms with Gasteiger partial charge in [-0.1, -0.05) is 230 Å². The molecule has 26 nitrogen and oxygen atoms in total. The van der Waals surface area contributed by atoms with Crippen molar-refractivity contribution < 1.29 is 105 Å². The standard InChI is InChI=1S/C28H48N2O7Si3.C26H39NO7Si2.C21H19O2P.C19H27NO6Si.B11/c1-26(2,3)40(10,11)37-25-24(36-39(7,8)9)27(22(32)23(28(25,33)19-29)35-38(4,5)6)17-21(31)30(27)34-18-20-15-13-12-14-16-20;1-25(2,3)36(7,8)33-22-18-14-20(29)32-21(18)23(30)26(24(22)34-35(4,5)6)15-19(28)27(26)31-16-17-12-10-9-11-13-17;1-23-21(22)17-24(18-11-5-2-6-12-18,19-13-7-3-8-14-19)20-15-9-4-10-16-20;1-12-15(22)16(23)17(24)19(18(12)26-27(2,3)4)10-14(21)20(19)25-11-13-8-6-5-7-9-13;1-7-10(6)11(8(2)3)9(4)5/h12-16,22-25,32-33H,17-18H2,1-11H3;9-14,21-24,30H,15-16H2,1-8H3;2-17H,1H3;5-9,12,16-18,23-24H,10-11H2,1-4H3;/t22-,23+,24-,25+,27-,28-;21-,22-,23-,24-,26-;;12-,16-,17-,18-,19-;/m11.1./s1.